The molecule has 0 aromatic heterocycles. The molecule has 2 rings (SSSR count). The lowest BCUT2D eigenvalue weighted by Crippen LogP contribution is -1.88. The highest BCUT2D eigenvalue weighted by atomic mass is 16.5. The Morgan fingerprint density at radius 3 is 2.69 bits per heavy atom. The summed E-state index contributed by atoms with van der Waals surface area (Å²) in [6.07, 6.45) is 4.01. The lowest BCUT2D eigenvalue weighted by molar-refractivity contribution is -0.104. The van der Waals surface area contributed by atoms with E-state index in [1.54, 1.807) is 13.2 Å². The molecule has 0 spiro atoms. The fourth-order valence-electron chi connectivity index (χ4n) is 1.76. The van der Waals surface area contributed by atoms with Gasteiger partial charge in [-0.25, -0.2) is 0 Å². The number of hydrogen-bond acceptors (Lipinski definition) is 2. The Labute approximate surface area is 94.2 Å². The van der Waals surface area contributed by atoms with E-state index in [1.165, 1.54) is 6.08 Å². The second kappa shape index (κ2) is 4.62. The number of fused-ring (bicyclic) bond motifs is 1. The fourth-order valence-corrected chi connectivity index (χ4v) is 1.76. The molecule has 0 unspecified atom stereocenters. The maximum atomic E-state index is 10.4. The number of methoxy groups -OCH3 is 1. The van der Waals surface area contributed by atoms with Crippen molar-refractivity contribution >= 4 is 23.1 Å². The van der Waals surface area contributed by atoms with Crippen molar-refractivity contribution in [1.29, 1.82) is 0 Å². The van der Waals surface area contributed by atoms with E-state index in [1.807, 2.05) is 36.4 Å². The number of ether oxygens (including phenoxy) is 1. The summed E-state index contributed by atoms with van der Waals surface area (Å²) in [5.74, 6) is 0.775. The Morgan fingerprint density at radius 2 is 1.94 bits per heavy atom. The van der Waals surface area contributed by atoms with E-state index in [4.69, 9.17) is 4.74 Å². The van der Waals surface area contributed by atoms with Crippen LogP contribution in [-0.4, -0.2) is 13.4 Å². The van der Waals surface area contributed by atoms with E-state index in [0.29, 0.717) is 0 Å². The molecule has 2 aromatic rings. The van der Waals surface area contributed by atoms with Crippen LogP contribution in [0.2, 0.25) is 0 Å². The molecule has 0 atom stereocenters. The second-order valence-corrected chi connectivity index (χ2v) is 3.40. The van der Waals surface area contributed by atoms with Gasteiger partial charge in [-0.3, -0.25) is 4.79 Å². The predicted molar refractivity (Wildman–Crippen MR) is 65.6 cm³/mol. The van der Waals surface area contributed by atoms with Gasteiger partial charge in [-0.2, -0.15) is 0 Å². The summed E-state index contributed by atoms with van der Waals surface area (Å²) in [5.41, 5.74) is 0.938. The van der Waals surface area contributed by atoms with Crippen molar-refractivity contribution in [2.75, 3.05) is 7.11 Å². The number of aldehydes is 1. The number of carbonyl (C=O) groups excluding carboxylic acids is 1. The van der Waals surface area contributed by atoms with Gasteiger partial charge in [-0.15, -0.1) is 0 Å². The molecule has 0 aliphatic carbocycles. The van der Waals surface area contributed by atoms with Crippen LogP contribution in [0.5, 0.6) is 5.75 Å². The average Bonchev–Trinajstić information content (AvgIpc) is 2.35. The molecule has 0 saturated carbocycles. The Bertz CT molecular complexity index is 541. The van der Waals surface area contributed by atoms with E-state index in [2.05, 4.69) is 0 Å². The summed E-state index contributed by atoms with van der Waals surface area (Å²) >= 11 is 0. The van der Waals surface area contributed by atoms with Gasteiger partial charge in [0.25, 0.3) is 0 Å². The first-order chi connectivity index (χ1) is 7.86. The average molecular weight is 212 g/mol. The third-order valence-corrected chi connectivity index (χ3v) is 2.49. The smallest absolute Gasteiger partial charge is 0.142 e. The Kier molecular flexibility index (Phi) is 3.01. The van der Waals surface area contributed by atoms with E-state index in [-0.39, 0.29) is 0 Å². The highest BCUT2D eigenvalue weighted by Gasteiger charge is 2.04. The maximum Gasteiger partial charge on any atom is 0.142 e. The summed E-state index contributed by atoms with van der Waals surface area (Å²) < 4.78 is 5.28. The quantitative estimate of drug-likeness (QED) is 0.577. The van der Waals surface area contributed by atoms with Crippen LogP contribution in [0.25, 0.3) is 16.8 Å². The molecule has 80 valence electrons. The first-order valence-electron chi connectivity index (χ1n) is 5.04. The first-order valence-corrected chi connectivity index (χ1v) is 5.04. The van der Waals surface area contributed by atoms with Gasteiger partial charge in [0, 0.05) is 5.56 Å². The Balaban J connectivity index is 2.72. The molecule has 2 aromatic carbocycles. The molecule has 0 heterocycles. The molecule has 0 aliphatic heterocycles. The van der Waals surface area contributed by atoms with E-state index in [9.17, 15) is 4.79 Å². The summed E-state index contributed by atoms with van der Waals surface area (Å²) in [4.78, 5) is 10.4. The van der Waals surface area contributed by atoms with E-state index < -0.39 is 0 Å². The van der Waals surface area contributed by atoms with Crippen LogP contribution in [0.3, 0.4) is 0 Å². The highest BCUT2D eigenvalue weighted by Crippen LogP contribution is 2.28. The SMILES string of the molecule is COc1ccc2ccccc2c1/C=C/C=O. The van der Waals surface area contributed by atoms with Crippen molar-refractivity contribution in [1.82, 2.24) is 0 Å². The minimum atomic E-state index is 0.765. The van der Waals surface area contributed by atoms with E-state index in [0.717, 1.165) is 28.4 Å². The molecule has 0 aliphatic rings. The summed E-state index contributed by atoms with van der Waals surface area (Å²) in [6, 6.07) is 11.9. The fraction of sp³-hybridized carbons (Fsp3) is 0.0714. The molecule has 2 nitrogen and oxygen atoms in total. The van der Waals surface area contributed by atoms with Crippen LogP contribution >= 0.6 is 0 Å². The number of rotatable bonds is 3. The van der Waals surface area contributed by atoms with E-state index >= 15 is 0 Å². The molecule has 2 heteroatoms. The molecular formula is C14H12O2. The largest absolute Gasteiger partial charge is 0.496 e. The van der Waals surface area contributed by atoms with Gasteiger partial charge in [-0.1, -0.05) is 30.3 Å². The van der Waals surface area contributed by atoms with Crippen molar-refractivity contribution in [3.05, 3.63) is 48.0 Å². The minimum Gasteiger partial charge on any atom is -0.496 e. The number of benzene rings is 2. The third-order valence-electron chi connectivity index (χ3n) is 2.49. The maximum absolute atomic E-state index is 10.4. The Hall–Kier alpha value is -2.09. The van der Waals surface area contributed by atoms with Crippen LogP contribution in [0.1, 0.15) is 5.56 Å². The van der Waals surface area contributed by atoms with Crippen molar-refractivity contribution in [3.63, 3.8) is 0 Å². The van der Waals surface area contributed by atoms with Gasteiger partial charge >= 0.3 is 0 Å². The van der Waals surface area contributed by atoms with Gasteiger partial charge in [-0.05, 0) is 29.0 Å². The van der Waals surface area contributed by atoms with Crippen molar-refractivity contribution in [2.45, 2.75) is 0 Å². The molecule has 0 fully saturated rings. The molecule has 0 radical (unpaired) electrons. The van der Waals surface area contributed by atoms with Gasteiger partial charge in [0.05, 0.1) is 7.11 Å². The zero-order valence-corrected chi connectivity index (χ0v) is 9.01. The second-order valence-electron chi connectivity index (χ2n) is 3.40. The Morgan fingerprint density at radius 1 is 1.12 bits per heavy atom. The van der Waals surface area contributed by atoms with Gasteiger partial charge in [0.15, 0.2) is 0 Å². The monoisotopic (exact) mass is 212 g/mol. The molecule has 16 heavy (non-hydrogen) atoms. The summed E-state index contributed by atoms with van der Waals surface area (Å²) in [6.45, 7) is 0. The molecule has 0 bridgehead atoms. The highest BCUT2D eigenvalue weighted by molar-refractivity contribution is 5.94. The number of hydrogen-bond donors (Lipinski definition) is 0. The first kappa shape index (κ1) is 10.4. The number of allylic oxidation sites excluding steroid dienone is 1. The predicted octanol–water partition coefficient (Wildman–Crippen LogP) is 3.06. The third kappa shape index (κ3) is 1.82. The lowest BCUT2D eigenvalue weighted by Gasteiger charge is -2.08. The molecular weight excluding hydrogens is 200 g/mol. The van der Waals surface area contributed by atoms with Gasteiger partial charge in [0.2, 0.25) is 0 Å². The van der Waals surface area contributed by atoms with Crippen LogP contribution in [0, 0.1) is 0 Å². The zero-order chi connectivity index (χ0) is 11.4. The standard InChI is InChI=1S/C14H12O2/c1-16-14-9-8-11-5-2-3-6-12(11)13(14)7-4-10-15/h2-10H,1H3/b7-4+. The molecule has 0 amide bonds. The zero-order valence-electron chi connectivity index (χ0n) is 9.01. The summed E-state index contributed by atoms with van der Waals surface area (Å²) in [7, 11) is 1.63. The topological polar surface area (TPSA) is 26.3 Å². The van der Waals surface area contributed by atoms with Crippen molar-refractivity contribution < 1.29 is 9.53 Å². The van der Waals surface area contributed by atoms with Crippen LogP contribution in [-0.2, 0) is 4.79 Å². The minimum absolute atomic E-state index is 0.765. The van der Waals surface area contributed by atoms with Crippen molar-refractivity contribution in [3.8, 4) is 5.75 Å². The van der Waals surface area contributed by atoms with Gasteiger partial charge < -0.3 is 4.74 Å². The van der Waals surface area contributed by atoms with Crippen LogP contribution in [0.15, 0.2) is 42.5 Å². The normalized spacial score (nSPS) is 10.8. The number of carbonyl (C=O) groups is 1. The molecule has 0 N–H and O–H groups in total. The van der Waals surface area contributed by atoms with Crippen LogP contribution < -0.4 is 4.74 Å². The van der Waals surface area contributed by atoms with Gasteiger partial charge in [0.1, 0.15) is 12.0 Å². The summed E-state index contributed by atoms with van der Waals surface area (Å²) in [5, 5.41) is 2.22. The lowest BCUT2D eigenvalue weighted by atomic mass is 10.0. The molecule has 0 saturated heterocycles. The van der Waals surface area contributed by atoms with Crippen LogP contribution in [0.4, 0.5) is 0 Å². The van der Waals surface area contributed by atoms with Crippen molar-refractivity contribution in [2.24, 2.45) is 0 Å².